The van der Waals surface area contributed by atoms with Crippen LogP contribution in [-0.4, -0.2) is 106 Å². The summed E-state index contributed by atoms with van der Waals surface area (Å²) in [5.41, 5.74) is 1.33. The van der Waals surface area contributed by atoms with Crippen LogP contribution in [0.15, 0.2) is 37.8 Å². The van der Waals surface area contributed by atoms with Crippen LogP contribution in [0.4, 0.5) is 4.39 Å². The number of benzene rings is 1. The summed E-state index contributed by atoms with van der Waals surface area (Å²) in [5, 5.41) is 4.95. The van der Waals surface area contributed by atoms with Gasteiger partial charge in [0.1, 0.15) is 25.0 Å². The number of hydrogen-bond acceptors (Lipinski definition) is 12. The quantitative estimate of drug-likeness (QED) is 0.0513. The third kappa shape index (κ3) is 13.6. The van der Waals surface area contributed by atoms with E-state index >= 15 is 0 Å². The van der Waals surface area contributed by atoms with Crippen LogP contribution >= 0.6 is 0 Å². The summed E-state index contributed by atoms with van der Waals surface area (Å²) >= 11 is 0. The minimum absolute atomic E-state index is 0.0242. The maximum Gasteiger partial charge on any atom is 0.333 e. The Morgan fingerprint density at radius 2 is 1.51 bits per heavy atom. The fraction of sp³-hybridized carbons (Fsp3) is 0.729. The summed E-state index contributed by atoms with van der Waals surface area (Å²) in [6.45, 7) is 11.4. The first-order chi connectivity index (χ1) is 31.8. The minimum atomic E-state index is -4.38. The summed E-state index contributed by atoms with van der Waals surface area (Å²) in [4.78, 5) is 58.0. The van der Waals surface area contributed by atoms with Gasteiger partial charge in [0.25, 0.3) is 5.56 Å². The second-order valence-electron chi connectivity index (χ2n) is 19.2. The summed E-state index contributed by atoms with van der Waals surface area (Å²) in [6.07, 6.45) is 11.2. The van der Waals surface area contributed by atoms with Crippen LogP contribution in [0, 0.1) is 6.92 Å². The van der Waals surface area contributed by atoms with Crippen LogP contribution in [0.2, 0.25) is 0 Å². The minimum Gasteiger partial charge on any atom is -0.452 e. The van der Waals surface area contributed by atoms with Gasteiger partial charge in [-0.2, -0.15) is 4.72 Å². The average molecular weight is 963 g/mol. The molecule has 5 rings (SSSR count). The Labute approximate surface area is 395 Å². The Hall–Kier alpha value is -4.01. The van der Waals surface area contributed by atoms with Gasteiger partial charge in [-0.1, -0.05) is 66.5 Å². The van der Waals surface area contributed by atoms with E-state index in [-0.39, 0.29) is 48.8 Å². The van der Waals surface area contributed by atoms with E-state index in [1.807, 2.05) is 53.7 Å². The highest BCUT2D eigenvalue weighted by Gasteiger charge is 2.41. The van der Waals surface area contributed by atoms with Gasteiger partial charge in [-0.25, -0.2) is 17.6 Å². The topological polar surface area (TPSA) is 207 Å². The molecule has 2 aromatic rings. The van der Waals surface area contributed by atoms with Crippen LogP contribution in [0.25, 0.3) is 0 Å². The lowest BCUT2D eigenvalue weighted by Gasteiger charge is -2.36. The third-order valence-corrected chi connectivity index (χ3v) is 14.9. The zero-order chi connectivity index (χ0) is 49.1. The molecular weight excluding hydrogens is 888 g/mol. The molecule has 2 unspecified atom stereocenters. The molecule has 17 nitrogen and oxygen atoms in total. The largest absolute Gasteiger partial charge is 0.452 e. The number of halogens is 1. The molecule has 0 spiro atoms. The second-order valence-corrected chi connectivity index (χ2v) is 20.8. The number of amides is 2. The molecule has 0 radical (unpaired) electrons. The van der Waals surface area contributed by atoms with Crippen LogP contribution in [-0.2, 0) is 49.8 Å². The molecule has 3 fully saturated rings. The van der Waals surface area contributed by atoms with E-state index in [1.54, 1.807) is 21.1 Å². The van der Waals surface area contributed by atoms with Crippen molar-refractivity contribution in [2.45, 2.75) is 191 Å². The van der Waals surface area contributed by atoms with Gasteiger partial charge in [-0.3, -0.25) is 28.5 Å². The zero-order valence-corrected chi connectivity index (χ0v) is 41.8. The van der Waals surface area contributed by atoms with Crippen LogP contribution in [0.5, 0.6) is 0 Å². The fourth-order valence-corrected chi connectivity index (χ4v) is 11.0. The fourth-order valence-electron chi connectivity index (χ4n) is 9.17. The number of sulfonamides is 1. The number of aryl methyl sites for hydroxylation is 1. The van der Waals surface area contributed by atoms with Crippen LogP contribution < -0.4 is 26.6 Å². The molecule has 1 aliphatic heterocycles. The number of nitrogens with one attached hydrogen (secondary N) is 3. The molecular formula is C48H75FN6O11S. The molecule has 2 saturated carbocycles. The van der Waals surface area contributed by atoms with Gasteiger partial charge in [-0.05, 0) is 73.5 Å². The lowest BCUT2D eigenvalue weighted by molar-refractivity contribution is -0.250. The maximum atomic E-state index is 14.3. The molecule has 67 heavy (non-hydrogen) atoms. The van der Waals surface area contributed by atoms with Gasteiger partial charge < -0.3 is 34.3 Å². The molecule has 4 atom stereocenters. The molecule has 2 heterocycles. The van der Waals surface area contributed by atoms with Gasteiger partial charge in [0.15, 0.2) is 12.2 Å². The first-order valence-electron chi connectivity index (χ1n) is 24.0. The van der Waals surface area contributed by atoms with Crippen molar-refractivity contribution in [1.82, 2.24) is 24.5 Å². The van der Waals surface area contributed by atoms with Crippen molar-refractivity contribution in [2.24, 2.45) is 4.99 Å². The van der Waals surface area contributed by atoms with Crippen molar-refractivity contribution >= 4 is 28.2 Å². The summed E-state index contributed by atoms with van der Waals surface area (Å²) < 4.78 is 77.4. The van der Waals surface area contributed by atoms with Crippen molar-refractivity contribution in [2.75, 3.05) is 40.6 Å². The number of hydrogen-bond donors (Lipinski definition) is 3. The van der Waals surface area contributed by atoms with E-state index in [0.717, 1.165) is 74.3 Å². The number of methoxy groups -OCH3 is 2. The highest BCUT2D eigenvalue weighted by Crippen LogP contribution is 2.38. The zero-order valence-electron chi connectivity index (χ0n) is 41.0. The number of aliphatic imine (C=N–C) groups is 1. The molecule has 3 N–H and O–H groups in total. The predicted molar refractivity (Wildman–Crippen MR) is 253 cm³/mol. The number of carbonyl (C=O) groups is 2. The van der Waals surface area contributed by atoms with Crippen molar-refractivity contribution in [3.63, 3.8) is 0 Å². The number of alkyl halides is 1. The molecule has 0 bridgehead atoms. The molecule has 2 aliphatic carbocycles. The van der Waals surface area contributed by atoms with Gasteiger partial charge in [0.2, 0.25) is 27.6 Å². The van der Waals surface area contributed by atoms with Gasteiger partial charge >= 0.3 is 5.69 Å². The normalized spacial score (nSPS) is 21.3. The van der Waals surface area contributed by atoms with Crippen molar-refractivity contribution in [1.29, 1.82) is 0 Å². The predicted octanol–water partition coefficient (Wildman–Crippen LogP) is 5.96. The number of carbonyl (C=O) groups excluding carboxylic acids is 2. The van der Waals surface area contributed by atoms with E-state index in [4.69, 9.17) is 28.7 Å². The van der Waals surface area contributed by atoms with Crippen molar-refractivity contribution in [3.05, 3.63) is 61.4 Å². The molecule has 376 valence electrons. The first kappa shape index (κ1) is 53.9. The molecule has 19 heteroatoms. The summed E-state index contributed by atoms with van der Waals surface area (Å²) in [7, 11) is -1.10. The SMILES string of the molecule is COC1(OC=NC2C[C@H](n3cc(C)c(=O)n(CCCNC(=O)CNC(=O)C(CF)NS(=O)(=O)c4c(C(C)C)cc(C(C)C)cc4C(C)C)c3=O)O[C@@H]2COC2(OC)CCCCC2)CCCCC1. The lowest BCUT2D eigenvalue weighted by Crippen LogP contribution is -2.50. The van der Waals surface area contributed by atoms with E-state index < -0.39 is 82.3 Å². The summed E-state index contributed by atoms with van der Waals surface area (Å²) in [6, 6.07) is 1.45. The van der Waals surface area contributed by atoms with Gasteiger partial charge in [-0.15, -0.1) is 0 Å². The Kier molecular flexibility index (Phi) is 19.3. The van der Waals surface area contributed by atoms with Crippen LogP contribution in [0.1, 0.15) is 165 Å². The number of nitrogens with zero attached hydrogens (tertiary/aromatic N) is 3. The number of rotatable bonds is 23. The van der Waals surface area contributed by atoms with Crippen LogP contribution in [0.3, 0.4) is 0 Å². The molecule has 2 amide bonds. The van der Waals surface area contributed by atoms with Gasteiger partial charge in [0, 0.05) is 71.2 Å². The first-order valence-corrected chi connectivity index (χ1v) is 25.5. The summed E-state index contributed by atoms with van der Waals surface area (Å²) in [5.74, 6) is -3.35. The molecule has 1 aromatic carbocycles. The van der Waals surface area contributed by atoms with Crippen molar-refractivity contribution in [3.8, 4) is 0 Å². The molecule has 3 aliphatic rings. The van der Waals surface area contributed by atoms with Crippen molar-refractivity contribution < 1.29 is 46.1 Å². The molecule has 1 aromatic heterocycles. The Morgan fingerprint density at radius 1 is 0.910 bits per heavy atom. The van der Waals surface area contributed by atoms with E-state index in [9.17, 15) is 32.0 Å². The highest BCUT2D eigenvalue weighted by atomic mass is 32.2. The van der Waals surface area contributed by atoms with E-state index in [0.29, 0.717) is 23.1 Å². The smallest absolute Gasteiger partial charge is 0.333 e. The highest BCUT2D eigenvalue weighted by molar-refractivity contribution is 7.89. The number of aromatic nitrogens is 2. The maximum absolute atomic E-state index is 14.3. The Bertz CT molecular complexity index is 2220. The Morgan fingerprint density at radius 3 is 2.06 bits per heavy atom. The second kappa shape index (κ2) is 24.0. The van der Waals surface area contributed by atoms with E-state index in [2.05, 4.69) is 15.4 Å². The average Bonchev–Trinajstić information content (AvgIpc) is 3.72. The lowest BCUT2D eigenvalue weighted by atomic mass is 9.89. The monoisotopic (exact) mass is 963 g/mol. The Balaban J connectivity index is 1.20. The third-order valence-electron chi connectivity index (χ3n) is 13.3. The van der Waals surface area contributed by atoms with Gasteiger partial charge in [0.05, 0.1) is 24.1 Å². The number of ether oxygens (including phenoxy) is 5. The van der Waals surface area contributed by atoms with E-state index in [1.165, 1.54) is 17.2 Å². The standard InChI is InChI=1S/C48H75FN6O11S/c1-31(2)35-23-36(32(3)4)43(37(24-35)33(5)6)67(60,61)53-39(26-49)44(57)51-27-41(56)50-21-16-22-54-45(58)34(7)28-55(46(54)59)42-25-38(52-30-65-48(63-9)19-14-11-15-20-48)40(66-42)29-64-47(62-8)17-12-10-13-18-47/h23-24,28,30-33,38-40,42,53H,10-22,25-27,29H2,1-9H3,(H,50,56)(H,51,57)/t38?,39?,40-,42-/m1/s1. The molecule has 1 saturated heterocycles.